The lowest BCUT2D eigenvalue weighted by Crippen LogP contribution is -2.07. The van der Waals surface area contributed by atoms with Crippen LogP contribution in [0, 0.1) is 13.8 Å². The van der Waals surface area contributed by atoms with Gasteiger partial charge in [-0.1, -0.05) is 109 Å². The van der Waals surface area contributed by atoms with E-state index in [1.165, 1.54) is 95.6 Å². The normalized spacial score (nSPS) is 11.8. The first-order chi connectivity index (χ1) is 17.7. The summed E-state index contributed by atoms with van der Waals surface area (Å²) in [6.07, 6.45) is 17.7. The number of ketones is 1. The molecule has 0 amide bonds. The van der Waals surface area contributed by atoms with Gasteiger partial charge in [-0.3, -0.25) is 4.79 Å². The largest absolute Gasteiger partial charge is 0.416 e. The van der Waals surface area contributed by atoms with Crippen molar-refractivity contribution in [1.82, 2.24) is 4.57 Å². The maximum absolute atomic E-state index is 12.9. The fourth-order valence-electron chi connectivity index (χ4n) is 5.19. The number of hydrogen-bond acceptors (Lipinski definition) is 1. The highest BCUT2D eigenvalue weighted by Crippen LogP contribution is 2.29. The molecule has 0 spiro atoms. The molecule has 0 radical (unpaired) electrons. The van der Waals surface area contributed by atoms with Crippen LogP contribution in [0.5, 0.6) is 0 Å². The van der Waals surface area contributed by atoms with Crippen molar-refractivity contribution in [2.75, 3.05) is 0 Å². The van der Waals surface area contributed by atoms with Crippen molar-refractivity contribution in [3.8, 4) is 0 Å². The van der Waals surface area contributed by atoms with E-state index in [2.05, 4.69) is 6.92 Å². The van der Waals surface area contributed by atoms with Crippen LogP contribution in [0.3, 0.4) is 0 Å². The number of benzene rings is 1. The molecule has 0 unspecified atom stereocenters. The van der Waals surface area contributed by atoms with Gasteiger partial charge in [-0.2, -0.15) is 13.2 Å². The van der Waals surface area contributed by atoms with Gasteiger partial charge in [-0.05, 0) is 43.5 Å². The highest BCUT2D eigenvalue weighted by molar-refractivity contribution is 5.98. The summed E-state index contributed by atoms with van der Waals surface area (Å²) >= 11 is 0. The van der Waals surface area contributed by atoms with Crippen LogP contribution < -0.4 is 0 Å². The number of Topliss-reactive ketones (excluding diaryl/α,β-unsaturated/α-hetero) is 1. The first-order valence-corrected chi connectivity index (χ1v) is 14.6. The van der Waals surface area contributed by atoms with E-state index in [4.69, 9.17) is 0 Å². The first-order valence-electron chi connectivity index (χ1n) is 14.6. The molecule has 1 heterocycles. The van der Waals surface area contributed by atoms with Crippen LogP contribution in [0.4, 0.5) is 13.2 Å². The van der Waals surface area contributed by atoms with Crippen molar-refractivity contribution in [1.29, 1.82) is 0 Å². The molecular formula is C32H48F3NO. The van der Waals surface area contributed by atoms with E-state index in [9.17, 15) is 18.0 Å². The fraction of sp³-hybridized carbons (Fsp3) is 0.656. The van der Waals surface area contributed by atoms with Gasteiger partial charge in [-0.15, -0.1) is 0 Å². The summed E-state index contributed by atoms with van der Waals surface area (Å²) in [6, 6.07) is 5.25. The Bertz CT molecular complexity index is 911. The van der Waals surface area contributed by atoms with E-state index < -0.39 is 11.7 Å². The van der Waals surface area contributed by atoms with Gasteiger partial charge < -0.3 is 4.57 Å². The van der Waals surface area contributed by atoms with E-state index >= 15 is 0 Å². The number of alkyl halides is 3. The lowest BCUT2D eigenvalue weighted by atomic mass is 10.0. The van der Waals surface area contributed by atoms with Crippen molar-refractivity contribution >= 4 is 5.78 Å². The molecule has 0 saturated carbocycles. The number of unbranched alkanes of at least 4 members (excludes halogenated alkanes) is 14. The monoisotopic (exact) mass is 519 g/mol. The SMILES string of the molecule is CCCCCCCCCCCCCCCCCC(=O)c1c(C)cn(Cc2ccc(C(F)(F)F)cc2)c1C. The van der Waals surface area contributed by atoms with Crippen molar-refractivity contribution in [3.63, 3.8) is 0 Å². The van der Waals surface area contributed by atoms with Gasteiger partial charge in [-0.25, -0.2) is 0 Å². The van der Waals surface area contributed by atoms with Crippen LogP contribution in [0.1, 0.15) is 142 Å². The average Bonchev–Trinajstić information content (AvgIpc) is 3.13. The second kappa shape index (κ2) is 16.7. The quantitative estimate of drug-likeness (QED) is 0.134. The number of hydrogen-bond donors (Lipinski definition) is 0. The zero-order valence-electron chi connectivity index (χ0n) is 23.4. The molecule has 0 aliphatic carbocycles. The van der Waals surface area contributed by atoms with Crippen LogP contribution in [0.25, 0.3) is 0 Å². The number of halogens is 3. The fourth-order valence-corrected chi connectivity index (χ4v) is 5.19. The third-order valence-corrected chi connectivity index (χ3v) is 7.46. The molecular weight excluding hydrogens is 471 g/mol. The summed E-state index contributed by atoms with van der Waals surface area (Å²) in [7, 11) is 0. The molecule has 2 aromatic rings. The summed E-state index contributed by atoms with van der Waals surface area (Å²) in [4.78, 5) is 12.9. The van der Waals surface area contributed by atoms with Crippen molar-refractivity contribution in [2.24, 2.45) is 0 Å². The Morgan fingerprint density at radius 2 is 1.19 bits per heavy atom. The van der Waals surface area contributed by atoms with Gasteiger partial charge >= 0.3 is 6.18 Å². The summed E-state index contributed by atoms with van der Waals surface area (Å²) in [5, 5.41) is 0. The topological polar surface area (TPSA) is 22.0 Å². The van der Waals surface area contributed by atoms with Gasteiger partial charge in [0.1, 0.15) is 0 Å². The van der Waals surface area contributed by atoms with Crippen LogP contribution in [0.15, 0.2) is 30.5 Å². The Balaban J connectivity index is 1.61. The lowest BCUT2D eigenvalue weighted by Gasteiger charge is -2.10. The van der Waals surface area contributed by atoms with Crippen LogP contribution >= 0.6 is 0 Å². The Morgan fingerprint density at radius 3 is 1.65 bits per heavy atom. The smallest absolute Gasteiger partial charge is 0.346 e. The molecule has 0 aliphatic heterocycles. The Labute approximate surface area is 223 Å². The molecule has 0 bridgehead atoms. The van der Waals surface area contributed by atoms with Gasteiger partial charge in [0.15, 0.2) is 5.78 Å². The number of aromatic nitrogens is 1. The van der Waals surface area contributed by atoms with Gasteiger partial charge in [0.2, 0.25) is 0 Å². The summed E-state index contributed by atoms with van der Waals surface area (Å²) in [5.74, 6) is 0.177. The minimum atomic E-state index is -4.33. The molecule has 1 aromatic heterocycles. The van der Waals surface area contributed by atoms with E-state index in [-0.39, 0.29) is 5.78 Å². The second-order valence-corrected chi connectivity index (χ2v) is 10.7. The van der Waals surface area contributed by atoms with E-state index in [0.29, 0.717) is 13.0 Å². The molecule has 0 N–H and O–H groups in total. The highest BCUT2D eigenvalue weighted by atomic mass is 19.4. The Morgan fingerprint density at radius 1 is 0.730 bits per heavy atom. The highest BCUT2D eigenvalue weighted by Gasteiger charge is 2.30. The van der Waals surface area contributed by atoms with Gasteiger partial charge in [0.05, 0.1) is 5.56 Å². The number of aryl methyl sites for hydroxylation is 1. The number of carbonyl (C=O) groups is 1. The maximum Gasteiger partial charge on any atom is 0.416 e. The maximum atomic E-state index is 12.9. The molecule has 208 valence electrons. The van der Waals surface area contributed by atoms with Crippen LogP contribution in [-0.2, 0) is 12.7 Å². The second-order valence-electron chi connectivity index (χ2n) is 10.7. The van der Waals surface area contributed by atoms with Gasteiger partial charge in [0.25, 0.3) is 0 Å². The number of nitrogens with zero attached hydrogens (tertiary/aromatic N) is 1. The van der Waals surface area contributed by atoms with Crippen molar-refractivity contribution in [2.45, 2.75) is 136 Å². The van der Waals surface area contributed by atoms with E-state index in [1.807, 2.05) is 24.6 Å². The third kappa shape index (κ3) is 11.5. The zero-order chi connectivity index (χ0) is 27.1. The molecule has 0 saturated heterocycles. The molecule has 2 nitrogen and oxygen atoms in total. The molecule has 0 fully saturated rings. The van der Waals surface area contributed by atoms with Crippen LogP contribution in [-0.4, -0.2) is 10.4 Å². The minimum absolute atomic E-state index is 0.177. The summed E-state index contributed by atoms with van der Waals surface area (Å²) in [6.45, 7) is 6.59. The molecule has 2 rings (SSSR count). The first kappa shape index (κ1) is 31.2. The summed E-state index contributed by atoms with van der Waals surface area (Å²) in [5.41, 5.74) is 2.75. The number of rotatable bonds is 19. The number of carbonyl (C=O) groups excluding carboxylic acids is 1. The molecule has 0 atom stereocenters. The van der Waals surface area contributed by atoms with Crippen LogP contribution in [0.2, 0.25) is 0 Å². The van der Waals surface area contributed by atoms with Crippen molar-refractivity contribution < 1.29 is 18.0 Å². The minimum Gasteiger partial charge on any atom is -0.346 e. The molecule has 5 heteroatoms. The average molecular weight is 520 g/mol. The van der Waals surface area contributed by atoms with E-state index in [1.54, 1.807) is 0 Å². The predicted molar refractivity (Wildman–Crippen MR) is 148 cm³/mol. The Kier molecular flexibility index (Phi) is 14.1. The lowest BCUT2D eigenvalue weighted by molar-refractivity contribution is -0.137. The van der Waals surface area contributed by atoms with E-state index in [0.717, 1.165) is 47.4 Å². The summed E-state index contributed by atoms with van der Waals surface area (Å²) < 4.78 is 40.4. The van der Waals surface area contributed by atoms with Crippen molar-refractivity contribution in [3.05, 3.63) is 58.4 Å². The molecule has 37 heavy (non-hydrogen) atoms. The molecule has 0 aliphatic rings. The Hall–Kier alpha value is -2.04. The molecule has 1 aromatic carbocycles. The standard InChI is InChI=1S/C32H48F3NO/c1-4-5-6-7-8-9-10-11-12-13-14-15-16-17-18-19-30(37)31-26(2)24-36(27(31)3)25-28-20-22-29(23-21-28)32(33,34)35/h20-24H,4-19,25H2,1-3H3. The predicted octanol–water partition coefficient (Wildman–Crippen LogP) is 10.6. The van der Waals surface area contributed by atoms with Gasteiger partial charge in [0, 0.05) is 30.4 Å². The third-order valence-electron chi connectivity index (χ3n) is 7.46. The zero-order valence-corrected chi connectivity index (χ0v) is 23.4.